The third-order valence-corrected chi connectivity index (χ3v) is 2.25. The van der Waals surface area contributed by atoms with Gasteiger partial charge < -0.3 is 0 Å². The molecule has 0 spiro atoms. The van der Waals surface area contributed by atoms with Crippen LogP contribution >= 0.6 is 9.24 Å². The predicted molar refractivity (Wildman–Crippen MR) is 51.7 cm³/mol. The van der Waals surface area contributed by atoms with E-state index < -0.39 is 0 Å². The molecule has 0 amide bonds. The van der Waals surface area contributed by atoms with Crippen LogP contribution < -0.4 is 10.9 Å². The lowest BCUT2D eigenvalue weighted by molar-refractivity contribution is 1.01. The van der Waals surface area contributed by atoms with Crippen LogP contribution in [-0.2, 0) is 0 Å². The van der Waals surface area contributed by atoms with E-state index >= 15 is 0 Å². The van der Waals surface area contributed by atoms with E-state index in [1.165, 1.54) is 0 Å². The summed E-state index contributed by atoms with van der Waals surface area (Å²) in [6.07, 6.45) is 1.65. The van der Waals surface area contributed by atoms with Crippen LogP contribution in [0.2, 0.25) is 0 Å². The molecule has 1 N–H and O–H groups in total. The summed E-state index contributed by atoms with van der Waals surface area (Å²) in [6, 6.07) is 5.55. The highest BCUT2D eigenvalue weighted by molar-refractivity contribution is 7.28. The average Bonchev–Trinajstić information content (AvgIpc) is 2.07. The number of nitrogens with zero attached hydrogens (tertiary/aromatic N) is 1. The summed E-state index contributed by atoms with van der Waals surface area (Å²) < 4.78 is 0. The number of nitrogens with one attached hydrogen (secondary N) is 1. The second-order valence-corrected chi connectivity index (χ2v) is 3.13. The number of rotatable bonds is 0. The predicted octanol–water partition coefficient (Wildman–Crippen LogP) is 0.423. The third kappa shape index (κ3) is 1.03. The first-order valence-corrected chi connectivity index (χ1v) is 4.08. The van der Waals surface area contributed by atoms with Crippen molar-refractivity contribution in [3.8, 4) is 0 Å². The number of fused-ring (bicyclic) bond motifs is 1. The summed E-state index contributed by atoms with van der Waals surface area (Å²) in [5.41, 5.74) is -0.142. The zero-order valence-corrected chi connectivity index (χ0v) is 7.40. The van der Waals surface area contributed by atoms with Gasteiger partial charge >= 0.3 is 0 Å². The van der Waals surface area contributed by atoms with Crippen molar-refractivity contribution in [3.63, 3.8) is 0 Å². The molecule has 0 aliphatic rings. The minimum absolute atomic E-state index is 0.142. The standard InChI is InChI=1S/C8H7N2OP/c11-8-5-2-1-3-7(12)6(5)4-9-10-8/h1-4H,12H2,(H,10,11). The van der Waals surface area contributed by atoms with E-state index in [9.17, 15) is 4.79 Å². The molecule has 1 aromatic heterocycles. The van der Waals surface area contributed by atoms with Crippen molar-refractivity contribution in [1.82, 2.24) is 10.2 Å². The van der Waals surface area contributed by atoms with Gasteiger partial charge in [-0.05, 0) is 11.4 Å². The second-order valence-electron chi connectivity index (χ2n) is 2.51. The molecule has 2 aromatic rings. The van der Waals surface area contributed by atoms with Crippen molar-refractivity contribution >= 4 is 25.3 Å². The maximum atomic E-state index is 11.2. The molecular formula is C8H7N2OP. The van der Waals surface area contributed by atoms with E-state index in [0.717, 1.165) is 10.7 Å². The highest BCUT2D eigenvalue weighted by Gasteiger charge is 1.98. The zero-order valence-electron chi connectivity index (χ0n) is 6.24. The summed E-state index contributed by atoms with van der Waals surface area (Å²) in [5, 5.41) is 8.66. The van der Waals surface area contributed by atoms with Gasteiger partial charge in [0.15, 0.2) is 0 Å². The van der Waals surface area contributed by atoms with Gasteiger partial charge in [-0.2, -0.15) is 5.10 Å². The lowest BCUT2D eigenvalue weighted by Gasteiger charge is -1.97. The van der Waals surface area contributed by atoms with E-state index in [1.54, 1.807) is 12.3 Å². The molecule has 0 aliphatic carbocycles. The molecule has 0 saturated heterocycles. The average molecular weight is 178 g/mol. The number of aromatic nitrogens is 2. The van der Waals surface area contributed by atoms with Crippen LogP contribution in [0, 0.1) is 0 Å². The molecule has 0 radical (unpaired) electrons. The van der Waals surface area contributed by atoms with Gasteiger partial charge in [-0.25, -0.2) is 5.10 Å². The number of H-pyrrole nitrogens is 1. The maximum Gasteiger partial charge on any atom is 0.272 e. The Hall–Kier alpha value is -1.21. The molecule has 1 unspecified atom stereocenters. The number of hydrogen-bond donors (Lipinski definition) is 1. The Labute approximate surface area is 71.0 Å². The molecule has 3 nitrogen and oxygen atoms in total. The zero-order chi connectivity index (χ0) is 8.55. The van der Waals surface area contributed by atoms with Gasteiger partial charge in [0.1, 0.15) is 0 Å². The fraction of sp³-hybridized carbons (Fsp3) is 0. The van der Waals surface area contributed by atoms with Crippen LogP contribution in [0.15, 0.2) is 29.2 Å². The summed E-state index contributed by atoms with van der Waals surface area (Å²) in [7, 11) is 2.57. The van der Waals surface area contributed by atoms with Crippen LogP contribution in [0.3, 0.4) is 0 Å². The normalized spacial score (nSPS) is 10.4. The molecule has 60 valence electrons. The number of benzene rings is 1. The molecule has 1 atom stereocenters. The number of aromatic amines is 1. The molecule has 4 heteroatoms. The molecule has 1 aromatic carbocycles. The molecule has 0 saturated carbocycles. The SMILES string of the molecule is O=c1[nH]ncc2c(P)cccc12. The molecule has 1 heterocycles. The van der Waals surface area contributed by atoms with Crippen LogP contribution in [0.25, 0.3) is 10.8 Å². The Morgan fingerprint density at radius 2 is 2.17 bits per heavy atom. The summed E-state index contributed by atoms with van der Waals surface area (Å²) in [5.74, 6) is 0. The number of hydrogen-bond acceptors (Lipinski definition) is 2. The van der Waals surface area contributed by atoms with Crippen LogP contribution in [-0.4, -0.2) is 10.2 Å². The summed E-state index contributed by atoms with van der Waals surface area (Å²) in [4.78, 5) is 11.2. The Kier molecular flexibility index (Phi) is 1.66. The smallest absolute Gasteiger partial charge is 0.267 e. The summed E-state index contributed by atoms with van der Waals surface area (Å²) in [6.45, 7) is 0. The van der Waals surface area contributed by atoms with E-state index in [-0.39, 0.29) is 5.56 Å². The Balaban J connectivity index is 3.05. The van der Waals surface area contributed by atoms with E-state index in [2.05, 4.69) is 19.4 Å². The molecule has 0 bridgehead atoms. The van der Waals surface area contributed by atoms with Crippen molar-refractivity contribution in [2.75, 3.05) is 0 Å². The first kappa shape index (κ1) is 7.44. The van der Waals surface area contributed by atoms with Crippen molar-refractivity contribution in [1.29, 1.82) is 0 Å². The first-order chi connectivity index (χ1) is 5.79. The highest BCUT2D eigenvalue weighted by Crippen LogP contribution is 2.06. The van der Waals surface area contributed by atoms with Crippen LogP contribution in [0.4, 0.5) is 0 Å². The van der Waals surface area contributed by atoms with Crippen molar-refractivity contribution < 1.29 is 0 Å². The third-order valence-electron chi connectivity index (χ3n) is 1.74. The molecule has 12 heavy (non-hydrogen) atoms. The lowest BCUT2D eigenvalue weighted by atomic mass is 10.2. The van der Waals surface area contributed by atoms with Crippen LogP contribution in [0.1, 0.15) is 0 Å². The van der Waals surface area contributed by atoms with Gasteiger partial charge in [-0.1, -0.05) is 12.1 Å². The molecule has 0 fully saturated rings. The van der Waals surface area contributed by atoms with Crippen molar-refractivity contribution in [3.05, 3.63) is 34.7 Å². The van der Waals surface area contributed by atoms with Crippen molar-refractivity contribution in [2.24, 2.45) is 0 Å². The highest BCUT2D eigenvalue weighted by atomic mass is 31.0. The minimum Gasteiger partial charge on any atom is -0.267 e. The Morgan fingerprint density at radius 3 is 2.92 bits per heavy atom. The van der Waals surface area contributed by atoms with Gasteiger partial charge in [0.05, 0.1) is 11.6 Å². The first-order valence-electron chi connectivity index (χ1n) is 3.51. The monoisotopic (exact) mass is 178 g/mol. The Bertz CT molecular complexity index is 478. The van der Waals surface area contributed by atoms with Gasteiger partial charge in [0.2, 0.25) is 0 Å². The van der Waals surface area contributed by atoms with Gasteiger partial charge in [-0.3, -0.25) is 4.79 Å². The topological polar surface area (TPSA) is 45.8 Å². The van der Waals surface area contributed by atoms with E-state index in [1.807, 2.05) is 12.1 Å². The quantitative estimate of drug-likeness (QED) is 0.594. The van der Waals surface area contributed by atoms with Crippen LogP contribution in [0.5, 0.6) is 0 Å². The molecule has 0 aliphatic heterocycles. The van der Waals surface area contributed by atoms with E-state index in [0.29, 0.717) is 5.39 Å². The van der Waals surface area contributed by atoms with E-state index in [4.69, 9.17) is 0 Å². The van der Waals surface area contributed by atoms with Gasteiger partial charge in [0, 0.05) is 5.39 Å². The Morgan fingerprint density at radius 1 is 1.33 bits per heavy atom. The second kappa shape index (κ2) is 2.68. The largest absolute Gasteiger partial charge is 0.272 e. The molecule has 2 rings (SSSR count). The van der Waals surface area contributed by atoms with Gasteiger partial charge in [0.25, 0.3) is 5.56 Å². The molecular weight excluding hydrogens is 171 g/mol. The minimum atomic E-state index is -0.142. The fourth-order valence-corrected chi connectivity index (χ4v) is 1.48. The summed E-state index contributed by atoms with van der Waals surface area (Å²) >= 11 is 0. The fourth-order valence-electron chi connectivity index (χ4n) is 1.14. The van der Waals surface area contributed by atoms with Crippen molar-refractivity contribution in [2.45, 2.75) is 0 Å². The maximum absolute atomic E-state index is 11.2. The lowest BCUT2D eigenvalue weighted by Crippen LogP contribution is -2.10. The van der Waals surface area contributed by atoms with Gasteiger partial charge in [-0.15, -0.1) is 9.24 Å².